The van der Waals surface area contributed by atoms with Crippen LogP contribution in [-0.2, 0) is 6.54 Å². The lowest BCUT2D eigenvalue weighted by molar-refractivity contribution is 0.444. The van der Waals surface area contributed by atoms with Gasteiger partial charge in [0, 0.05) is 12.2 Å². The lowest BCUT2D eigenvalue weighted by Gasteiger charge is -2.41. The van der Waals surface area contributed by atoms with Crippen LogP contribution in [0.5, 0.6) is 0 Å². The third-order valence-corrected chi connectivity index (χ3v) is 12.7. The summed E-state index contributed by atoms with van der Waals surface area (Å²) < 4.78 is 2.90. The Morgan fingerprint density at radius 1 is 0.952 bits per heavy atom. The number of hydrogen-bond acceptors (Lipinski definition) is 1. The van der Waals surface area contributed by atoms with Crippen LogP contribution >= 0.6 is 0 Å². The molecule has 0 amide bonds. The van der Waals surface area contributed by atoms with Crippen molar-refractivity contribution in [3.8, 4) is 0 Å². The van der Waals surface area contributed by atoms with E-state index >= 15 is 0 Å². The topological polar surface area (TPSA) is 3.01 Å². The van der Waals surface area contributed by atoms with Gasteiger partial charge < -0.3 is 4.57 Å². The first-order valence-electron chi connectivity index (χ1n) is 8.34. The molecule has 0 bridgehead atoms. The number of benzene rings is 1. The van der Waals surface area contributed by atoms with Gasteiger partial charge in [-0.3, -0.25) is 0 Å². The summed E-state index contributed by atoms with van der Waals surface area (Å²) in [5.74, 6) is 0.749. The highest BCUT2D eigenvalue weighted by Crippen LogP contribution is 2.66. The molecule has 2 rings (SSSR count). The van der Waals surface area contributed by atoms with Crippen molar-refractivity contribution in [2.45, 2.75) is 77.7 Å². The molecule has 0 saturated carbocycles. The van der Waals surface area contributed by atoms with E-state index in [2.05, 4.69) is 90.3 Å². The number of hydrogen-bond donors (Lipinski definition) is 0. The Morgan fingerprint density at radius 3 is 1.76 bits per heavy atom. The molecule has 0 aliphatic carbocycles. The van der Waals surface area contributed by atoms with Crippen molar-refractivity contribution in [3.05, 3.63) is 35.9 Å². The van der Waals surface area contributed by atoms with E-state index in [0.717, 1.165) is 18.1 Å². The van der Waals surface area contributed by atoms with Crippen LogP contribution in [0.4, 0.5) is 0 Å². The van der Waals surface area contributed by atoms with Crippen LogP contribution in [0, 0.1) is 5.92 Å². The molecule has 0 radical (unpaired) electrons. The van der Waals surface area contributed by atoms with Crippen molar-refractivity contribution in [1.29, 1.82) is 0 Å². The molecule has 1 aliphatic rings. The molecule has 118 valence electrons. The van der Waals surface area contributed by atoms with E-state index in [4.69, 9.17) is 0 Å². The lowest BCUT2D eigenvalue weighted by atomic mass is 10.2. The summed E-state index contributed by atoms with van der Waals surface area (Å²) in [5, 5.41) is 0.823. The van der Waals surface area contributed by atoms with Crippen LogP contribution in [0.2, 0.25) is 10.1 Å². The summed E-state index contributed by atoms with van der Waals surface area (Å²) in [7, 11) is -1.53. The van der Waals surface area contributed by atoms with Gasteiger partial charge in [0.05, 0.1) is 0 Å². The van der Waals surface area contributed by atoms with E-state index in [9.17, 15) is 0 Å². The Kier molecular flexibility index (Phi) is 4.18. The second-order valence-corrected chi connectivity index (χ2v) is 14.8. The Morgan fingerprint density at radius 2 is 1.43 bits per heavy atom. The third-order valence-electron chi connectivity index (χ3n) is 5.26. The van der Waals surface area contributed by atoms with E-state index in [1.165, 1.54) is 5.56 Å². The van der Waals surface area contributed by atoms with Gasteiger partial charge in [-0.1, -0.05) is 85.7 Å². The first kappa shape index (κ1) is 16.8. The fraction of sp³-hybridized carbons (Fsp3) is 0.684. The molecule has 1 saturated heterocycles. The molecule has 2 heteroatoms. The Hall–Kier alpha value is -0.603. The molecule has 1 aromatic carbocycles. The summed E-state index contributed by atoms with van der Waals surface area (Å²) in [6.07, 6.45) is 0. The number of nitrogens with zero attached hydrogens (tertiary/aromatic N) is 1. The smallest absolute Gasteiger partial charge is 0.156 e. The van der Waals surface area contributed by atoms with E-state index < -0.39 is 8.24 Å². The Labute approximate surface area is 132 Å². The third kappa shape index (κ3) is 2.61. The highest BCUT2D eigenvalue weighted by Gasteiger charge is 2.75. The van der Waals surface area contributed by atoms with Crippen molar-refractivity contribution in [2.75, 3.05) is 0 Å². The number of rotatable bonds is 3. The minimum Gasteiger partial charge on any atom is -0.316 e. The second kappa shape index (κ2) is 5.24. The van der Waals surface area contributed by atoms with Crippen LogP contribution in [0.25, 0.3) is 0 Å². The molecule has 21 heavy (non-hydrogen) atoms. The van der Waals surface area contributed by atoms with Crippen LogP contribution in [0.1, 0.15) is 61.0 Å². The fourth-order valence-corrected chi connectivity index (χ4v) is 13.7. The molecule has 0 aromatic heterocycles. The highest BCUT2D eigenvalue weighted by atomic mass is 28.4. The SMILES string of the molecule is CC(C)C1N(Cc2ccccc2)[Si]1(C(C)(C)C)C(C)(C)C. The van der Waals surface area contributed by atoms with Crippen molar-refractivity contribution < 1.29 is 0 Å². The predicted molar refractivity (Wildman–Crippen MR) is 95.8 cm³/mol. The molecule has 2 atom stereocenters. The predicted octanol–water partition coefficient (Wildman–Crippen LogP) is 5.61. The summed E-state index contributed by atoms with van der Waals surface area (Å²) >= 11 is 0. The van der Waals surface area contributed by atoms with E-state index in [-0.39, 0.29) is 0 Å². The molecular weight excluding hydrogens is 270 g/mol. The van der Waals surface area contributed by atoms with E-state index in [1.54, 1.807) is 0 Å². The van der Waals surface area contributed by atoms with E-state index in [0.29, 0.717) is 10.1 Å². The van der Waals surface area contributed by atoms with Crippen LogP contribution in [-0.4, -0.2) is 18.5 Å². The molecule has 2 unspecified atom stereocenters. The maximum atomic E-state index is 2.90. The Balaban J connectivity index is 2.40. The largest absolute Gasteiger partial charge is 0.316 e. The molecular formula is C19H33NSi. The maximum Gasteiger partial charge on any atom is 0.156 e. The monoisotopic (exact) mass is 303 g/mol. The zero-order valence-electron chi connectivity index (χ0n) is 15.2. The van der Waals surface area contributed by atoms with Crippen molar-refractivity contribution in [2.24, 2.45) is 5.92 Å². The molecule has 1 fully saturated rings. The molecule has 1 heterocycles. The second-order valence-electron chi connectivity index (χ2n) is 9.07. The summed E-state index contributed by atoms with van der Waals surface area (Å²) in [4.78, 5) is 0. The van der Waals surface area contributed by atoms with Crippen LogP contribution in [0.15, 0.2) is 30.3 Å². The molecule has 1 aromatic rings. The van der Waals surface area contributed by atoms with Gasteiger partial charge in [-0.2, -0.15) is 0 Å². The zero-order chi connectivity index (χ0) is 16.1. The van der Waals surface area contributed by atoms with Gasteiger partial charge >= 0.3 is 0 Å². The van der Waals surface area contributed by atoms with Crippen molar-refractivity contribution in [3.63, 3.8) is 0 Å². The zero-order valence-corrected chi connectivity index (χ0v) is 16.2. The fourth-order valence-electron chi connectivity index (χ4n) is 5.09. The van der Waals surface area contributed by atoms with Crippen molar-refractivity contribution in [1.82, 2.24) is 4.57 Å². The average Bonchev–Trinajstić information content (AvgIpc) is 2.99. The van der Waals surface area contributed by atoms with Gasteiger partial charge in [0.1, 0.15) is 0 Å². The van der Waals surface area contributed by atoms with Gasteiger partial charge in [0.15, 0.2) is 8.24 Å². The van der Waals surface area contributed by atoms with Crippen LogP contribution < -0.4 is 0 Å². The minimum absolute atomic E-state index is 0.412. The average molecular weight is 304 g/mol. The minimum atomic E-state index is -1.53. The maximum absolute atomic E-state index is 2.90. The van der Waals surface area contributed by atoms with Gasteiger partial charge in [-0.15, -0.1) is 0 Å². The molecule has 1 aliphatic heterocycles. The standard InChI is InChI=1S/C19H33NSi/c1-15(2)17-20(14-16-12-10-9-11-13-16)21(17,18(3,4)5)19(6,7)8/h9-13,15,17H,14H2,1-8H3. The molecule has 0 spiro atoms. The lowest BCUT2D eigenvalue weighted by Crippen LogP contribution is -2.46. The summed E-state index contributed by atoms with van der Waals surface area (Å²) in [6, 6.07) is 11.0. The van der Waals surface area contributed by atoms with Gasteiger partial charge in [0.25, 0.3) is 0 Å². The summed E-state index contributed by atoms with van der Waals surface area (Å²) in [6.45, 7) is 20.8. The molecule has 0 N–H and O–H groups in total. The van der Waals surface area contributed by atoms with Gasteiger partial charge in [-0.05, 0) is 21.6 Å². The first-order valence-corrected chi connectivity index (χ1v) is 10.4. The van der Waals surface area contributed by atoms with E-state index in [1.807, 2.05) is 0 Å². The van der Waals surface area contributed by atoms with Gasteiger partial charge in [-0.25, -0.2) is 0 Å². The quantitative estimate of drug-likeness (QED) is 0.518. The molecule has 1 nitrogen and oxygen atoms in total. The highest BCUT2D eigenvalue weighted by molar-refractivity contribution is 6.92. The van der Waals surface area contributed by atoms with Gasteiger partial charge in [0.2, 0.25) is 0 Å². The Bertz CT molecular complexity index is 465. The first-order chi connectivity index (χ1) is 9.53. The van der Waals surface area contributed by atoms with Crippen molar-refractivity contribution >= 4 is 8.24 Å². The van der Waals surface area contributed by atoms with Crippen LogP contribution in [0.3, 0.4) is 0 Å². The normalized spacial score (nSPS) is 25.2. The summed E-state index contributed by atoms with van der Waals surface area (Å²) in [5.41, 5.74) is 2.27.